The highest BCUT2D eigenvalue weighted by Crippen LogP contribution is 2.46. The quantitative estimate of drug-likeness (QED) is 0.751. The highest BCUT2D eigenvalue weighted by Gasteiger charge is 2.25. The fraction of sp³-hybridized carbons (Fsp3) is 0.263. The maximum absolute atomic E-state index is 6.52. The average Bonchev–Trinajstić information content (AvgIpc) is 2.70. The van der Waals surface area contributed by atoms with Crippen LogP contribution in [0.3, 0.4) is 0 Å². The molecule has 112 valence electrons. The Bertz CT molecular complexity index is 728. The topological polar surface area (TPSA) is 26.0 Å². The van der Waals surface area contributed by atoms with E-state index in [1.165, 1.54) is 50.0 Å². The van der Waals surface area contributed by atoms with Gasteiger partial charge in [-0.1, -0.05) is 48.5 Å². The normalized spacial score (nSPS) is 21.0. The molecule has 4 rings (SSSR count). The van der Waals surface area contributed by atoms with Gasteiger partial charge in [-0.3, -0.25) is 0 Å². The molecule has 0 spiro atoms. The third-order valence-corrected chi connectivity index (χ3v) is 6.94. The molecular weight excluding hydrogens is 306 g/mol. The van der Waals surface area contributed by atoms with Crippen LogP contribution in [0.25, 0.3) is 5.57 Å². The van der Waals surface area contributed by atoms with E-state index in [1.54, 1.807) is 0 Å². The summed E-state index contributed by atoms with van der Waals surface area (Å²) in [6, 6.07) is 17.6. The van der Waals surface area contributed by atoms with Crippen LogP contribution in [0.5, 0.6) is 0 Å². The molecule has 0 bridgehead atoms. The van der Waals surface area contributed by atoms with Crippen LogP contribution in [-0.2, 0) is 6.42 Å². The van der Waals surface area contributed by atoms with Crippen molar-refractivity contribution in [3.8, 4) is 0 Å². The van der Waals surface area contributed by atoms with Crippen molar-refractivity contribution < 1.29 is 0 Å². The Balaban J connectivity index is 2.01. The van der Waals surface area contributed by atoms with Gasteiger partial charge in [0.25, 0.3) is 0 Å². The van der Waals surface area contributed by atoms with E-state index in [-0.39, 0.29) is 6.04 Å². The number of benzene rings is 2. The molecule has 1 heterocycles. The van der Waals surface area contributed by atoms with Crippen LogP contribution >= 0.6 is 23.5 Å². The van der Waals surface area contributed by atoms with Gasteiger partial charge in [0.2, 0.25) is 0 Å². The second-order valence-corrected chi connectivity index (χ2v) is 8.24. The summed E-state index contributed by atoms with van der Waals surface area (Å²) in [5, 5.41) is 0. The summed E-state index contributed by atoms with van der Waals surface area (Å²) < 4.78 is 1.47. The minimum absolute atomic E-state index is 0.0778. The monoisotopic (exact) mass is 325 g/mol. The van der Waals surface area contributed by atoms with Crippen molar-refractivity contribution in [2.24, 2.45) is 5.73 Å². The molecule has 2 aromatic carbocycles. The van der Waals surface area contributed by atoms with E-state index in [0.717, 1.165) is 6.42 Å². The highest BCUT2D eigenvalue weighted by atomic mass is 32.2. The molecule has 2 aromatic rings. The lowest BCUT2D eigenvalue weighted by molar-refractivity contribution is 0.724. The first-order valence-corrected chi connectivity index (χ1v) is 9.75. The molecule has 0 saturated carbocycles. The van der Waals surface area contributed by atoms with E-state index < -0.39 is 0 Å². The summed E-state index contributed by atoms with van der Waals surface area (Å²) in [6.45, 7) is 0. The molecule has 0 unspecified atom stereocenters. The van der Waals surface area contributed by atoms with Crippen LogP contribution in [0.4, 0.5) is 0 Å². The Kier molecular flexibility index (Phi) is 4.03. The first-order chi connectivity index (χ1) is 10.8. The van der Waals surface area contributed by atoms with Gasteiger partial charge in [0.15, 0.2) is 0 Å². The predicted octanol–water partition coefficient (Wildman–Crippen LogP) is 4.83. The number of nitrogens with two attached hydrogens (primary N) is 1. The molecule has 22 heavy (non-hydrogen) atoms. The lowest BCUT2D eigenvalue weighted by Gasteiger charge is -2.20. The van der Waals surface area contributed by atoms with E-state index in [0.29, 0.717) is 0 Å². The maximum Gasteiger partial charge on any atom is 0.0486 e. The zero-order valence-corrected chi connectivity index (χ0v) is 14.1. The summed E-state index contributed by atoms with van der Waals surface area (Å²) in [5.41, 5.74) is 13.3. The molecule has 2 N–H and O–H groups in total. The molecule has 2 aliphatic rings. The Morgan fingerprint density at radius 2 is 1.55 bits per heavy atom. The number of hydrogen-bond acceptors (Lipinski definition) is 3. The molecule has 3 heteroatoms. The third-order valence-electron chi connectivity index (χ3n) is 4.32. The second kappa shape index (κ2) is 6.15. The van der Waals surface area contributed by atoms with Crippen molar-refractivity contribution in [3.05, 3.63) is 75.0 Å². The standard InChI is InChI=1S/C19H19NS2/c20-17-12-13-6-1-2-7-14(13)18(19-21-10-5-11-22-19)16-9-4-3-8-15(16)17/h1-4,6-9,17H,5,10-12,20H2/t17-/m1/s1. The van der Waals surface area contributed by atoms with Gasteiger partial charge in [-0.15, -0.1) is 23.5 Å². The van der Waals surface area contributed by atoms with Crippen LogP contribution < -0.4 is 5.73 Å². The minimum Gasteiger partial charge on any atom is -0.324 e. The smallest absolute Gasteiger partial charge is 0.0486 e. The Labute approximate surface area is 140 Å². The van der Waals surface area contributed by atoms with Gasteiger partial charge >= 0.3 is 0 Å². The van der Waals surface area contributed by atoms with Gasteiger partial charge in [0.05, 0.1) is 0 Å². The number of hydrogen-bond donors (Lipinski definition) is 1. The highest BCUT2D eigenvalue weighted by molar-refractivity contribution is 8.23. The van der Waals surface area contributed by atoms with Crippen LogP contribution in [0.15, 0.2) is 52.8 Å². The van der Waals surface area contributed by atoms with Crippen molar-refractivity contribution in [3.63, 3.8) is 0 Å². The summed E-state index contributed by atoms with van der Waals surface area (Å²) in [7, 11) is 0. The van der Waals surface area contributed by atoms with Gasteiger partial charge in [0, 0.05) is 15.9 Å². The van der Waals surface area contributed by atoms with Crippen LogP contribution in [0.1, 0.15) is 34.7 Å². The molecular formula is C19H19NS2. The number of fused-ring (bicyclic) bond motifs is 2. The SMILES string of the molecule is N[C@@H]1Cc2ccccc2C(=C2SCCCS2)c2ccccc21. The fourth-order valence-corrected chi connectivity index (χ4v) is 5.97. The van der Waals surface area contributed by atoms with Gasteiger partial charge in [-0.2, -0.15) is 0 Å². The van der Waals surface area contributed by atoms with E-state index in [9.17, 15) is 0 Å². The van der Waals surface area contributed by atoms with E-state index in [4.69, 9.17) is 5.73 Å². The van der Waals surface area contributed by atoms with Crippen molar-refractivity contribution >= 4 is 29.1 Å². The zero-order valence-electron chi connectivity index (χ0n) is 12.4. The molecule has 1 atom stereocenters. The molecule has 1 aliphatic carbocycles. The van der Waals surface area contributed by atoms with Crippen LogP contribution in [-0.4, -0.2) is 11.5 Å². The predicted molar refractivity (Wildman–Crippen MR) is 99.1 cm³/mol. The molecule has 1 aliphatic heterocycles. The number of thioether (sulfide) groups is 2. The molecule has 1 nitrogen and oxygen atoms in total. The summed E-state index contributed by atoms with van der Waals surface area (Å²) >= 11 is 4.02. The van der Waals surface area contributed by atoms with Crippen LogP contribution in [0.2, 0.25) is 0 Å². The molecule has 0 aromatic heterocycles. The fourth-order valence-electron chi connectivity index (χ4n) is 3.28. The van der Waals surface area contributed by atoms with E-state index in [2.05, 4.69) is 48.5 Å². The van der Waals surface area contributed by atoms with Crippen LogP contribution in [0, 0.1) is 0 Å². The lowest BCUT2D eigenvalue weighted by atomic mass is 9.95. The maximum atomic E-state index is 6.52. The van der Waals surface area contributed by atoms with Gasteiger partial charge < -0.3 is 5.73 Å². The second-order valence-electron chi connectivity index (χ2n) is 5.77. The Hall–Kier alpha value is -1.16. The van der Waals surface area contributed by atoms with Crippen molar-refractivity contribution in [2.75, 3.05) is 11.5 Å². The summed E-state index contributed by atoms with van der Waals surface area (Å²) in [4.78, 5) is 0. The van der Waals surface area contributed by atoms with Gasteiger partial charge in [0.1, 0.15) is 0 Å². The van der Waals surface area contributed by atoms with Gasteiger partial charge in [-0.25, -0.2) is 0 Å². The number of rotatable bonds is 0. The Morgan fingerprint density at radius 1 is 0.864 bits per heavy atom. The van der Waals surface area contributed by atoms with Crippen molar-refractivity contribution in [2.45, 2.75) is 18.9 Å². The van der Waals surface area contributed by atoms with Gasteiger partial charge in [-0.05, 0) is 46.6 Å². The summed E-state index contributed by atoms with van der Waals surface area (Å²) in [6.07, 6.45) is 2.22. The van der Waals surface area contributed by atoms with E-state index >= 15 is 0 Å². The minimum atomic E-state index is 0.0778. The first kappa shape index (κ1) is 14.4. The van der Waals surface area contributed by atoms with E-state index in [1.807, 2.05) is 23.5 Å². The van der Waals surface area contributed by atoms with Crippen molar-refractivity contribution in [1.82, 2.24) is 0 Å². The van der Waals surface area contributed by atoms with Crippen molar-refractivity contribution in [1.29, 1.82) is 0 Å². The zero-order chi connectivity index (χ0) is 14.9. The lowest BCUT2D eigenvalue weighted by Crippen LogP contribution is -2.13. The molecule has 0 amide bonds. The third kappa shape index (κ3) is 2.51. The average molecular weight is 326 g/mol. The first-order valence-electron chi connectivity index (χ1n) is 7.77. The molecule has 0 radical (unpaired) electrons. The molecule has 1 saturated heterocycles. The largest absolute Gasteiger partial charge is 0.324 e. The molecule has 1 fully saturated rings. The Morgan fingerprint density at radius 3 is 2.36 bits per heavy atom. The summed E-state index contributed by atoms with van der Waals surface area (Å²) in [5.74, 6) is 2.45.